The van der Waals surface area contributed by atoms with E-state index in [1.807, 2.05) is 27.7 Å². The molecular weight excluding hydrogens is 408 g/mol. The molecule has 0 atom stereocenters. The number of carbonyl (C=O) groups excluding carboxylic acids is 2. The van der Waals surface area contributed by atoms with Crippen LogP contribution in [-0.4, -0.2) is 78.2 Å². The van der Waals surface area contributed by atoms with E-state index in [0.29, 0.717) is 48.7 Å². The lowest BCUT2D eigenvalue weighted by Crippen LogP contribution is -2.30. The number of hydrogen-bond donors (Lipinski definition) is 0. The summed E-state index contributed by atoms with van der Waals surface area (Å²) in [6.45, 7) is 10.3. The third-order valence-corrected chi connectivity index (χ3v) is 5.06. The summed E-state index contributed by atoms with van der Waals surface area (Å²) < 4.78 is 0. The first kappa shape index (κ1) is 22.9. The minimum atomic E-state index is -0.0736. The molecule has 10 heteroatoms. The normalized spacial score (nSPS) is 10.6. The van der Waals surface area contributed by atoms with Crippen molar-refractivity contribution in [1.82, 2.24) is 40.2 Å². The highest BCUT2D eigenvalue weighted by molar-refractivity contribution is 5.94. The van der Waals surface area contributed by atoms with Crippen LogP contribution in [0.25, 0.3) is 23.0 Å². The van der Waals surface area contributed by atoms with Crippen LogP contribution in [0, 0.1) is 0 Å². The van der Waals surface area contributed by atoms with Gasteiger partial charge in [-0.25, -0.2) is 0 Å². The third-order valence-electron chi connectivity index (χ3n) is 5.06. The molecule has 0 bridgehead atoms. The summed E-state index contributed by atoms with van der Waals surface area (Å²) in [5, 5.41) is 16.3. The average Bonchev–Trinajstić information content (AvgIpc) is 2.85. The number of rotatable bonds is 8. The number of carbonyl (C=O) groups is 2. The standard InChI is InChI=1S/C22H26N8O2/c1-5-29(6-2)21(31)15-9-11-17(23-13-15)19-25-27-20(28-26-19)18-12-10-16(14-24-18)22(32)30(7-3)8-4/h9-14H,5-8H2,1-4H3. The molecular formula is C22H26N8O2. The van der Waals surface area contributed by atoms with E-state index in [9.17, 15) is 9.59 Å². The molecule has 166 valence electrons. The monoisotopic (exact) mass is 434 g/mol. The fourth-order valence-electron chi connectivity index (χ4n) is 3.13. The second-order valence-corrected chi connectivity index (χ2v) is 6.87. The highest BCUT2D eigenvalue weighted by atomic mass is 16.2. The van der Waals surface area contributed by atoms with Crippen LogP contribution in [0.5, 0.6) is 0 Å². The fraction of sp³-hybridized carbons (Fsp3) is 0.364. The van der Waals surface area contributed by atoms with Crippen LogP contribution in [-0.2, 0) is 0 Å². The fourth-order valence-corrected chi connectivity index (χ4v) is 3.13. The van der Waals surface area contributed by atoms with Gasteiger partial charge in [0.15, 0.2) is 0 Å². The van der Waals surface area contributed by atoms with Crippen molar-refractivity contribution < 1.29 is 9.59 Å². The van der Waals surface area contributed by atoms with E-state index in [1.165, 1.54) is 12.4 Å². The molecule has 0 saturated heterocycles. The van der Waals surface area contributed by atoms with E-state index in [2.05, 4.69) is 30.4 Å². The summed E-state index contributed by atoms with van der Waals surface area (Å²) in [7, 11) is 0. The van der Waals surface area contributed by atoms with Crippen LogP contribution in [0.3, 0.4) is 0 Å². The molecule has 3 heterocycles. The minimum Gasteiger partial charge on any atom is -0.339 e. The van der Waals surface area contributed by atoms with Crippen molar-refractivity contribution in [3.05, 3.63) is 47.8 Å². The van der Waals surface area contributed by atoms with Gasteiger partial charge in [-0.2, -0.15) is 0 Å². The summed E-state index contributed by atoms with van der Waals surface area (Å²) in [6, 6.07) is 6.71. The lowest BCUT2D eigenvalue weighted by molar-refractivity contribution is 0.0764. The maximum atomic E-state index is 12.4. The molecule has 0 unspecified atom stereocenters. The van der Waals surface area contributed by atoms with Gasteiger partial charge in [0.1, 0.15) is 11.4 Å². The van der Waals surface area contributed by atoms with Crippen LogP contribution in [0.2, 0.25) is 0 Å². The van der Waals surface area contributed by atoms with E-state index in [0.717, 1.165) is 0 Å². The molecule has 3 rings (SSSR count). The maximum absolute atomic E-state index is 12.4. The van der Waals surface area contributed by atoms with Gasteiger partial charge in [0, 0.05) is 38.6 Å². The number of hydrogen-bond acceptors (Lipinski definition) is 8. The Morgan fingerprint density at radius 2 is 0.969 bits per heavy atom. The Bertz CT molecular complexity index is 958. The molecule has 3 aromatic heterocycles. The van der Waals surface area contributed by atoms with E-state index in [-0.39, 0.29) is 23.5 Å². The minimum absolute atomic E-state index is 0.0736. The largest absolute Gasteiger partial charge is 0.339 e. The predicted molar refractivity (Wildman–Crippen MR) is 119 cm³/mol. The van der Waals surface area contributed by atoms with Crippen molar-refractivity contribution in [2.75, 3.05) is 26.2 Å². The van der Waals surface area contributed by atoms with E-state index in [1.54, 1.807) is 34.1 Å². The first-order valence-corrected chi connectivity index (χ1v) is 10.6. The Kier molecular flexibility index (Phi) is 7.48. The zero-order chi connectivity index (χ0) is 23.1. The molecule has 0 N–H and O–H groups in total. The molecule has 0 aliphatic rings. The van der Waals surface area contributed by atoms with Crippen molar-refractivity contribution >= 4 is 11.8 Å². The maximum Gasteiger partial charge on any atom is 0.255 e. The summed E-state index contributed by atoms with van der Waals surface area (Å²) >= 11 is 0. The van der Waals surface area contributed by atoms with Crippen LogP contribution in [0.4, 0.5) is 0 Å². The van der Waals surface area contributed by atoms with Crippen LogP contribution in [0.15, 0.2) is 36.7 Å². The van der Waals surface area contributed by atoms with Gasteiger partial charge in [-0.1, -0.05) is 0 Å². The van der Waals surface area contributed by atoms with Crippen molar-refractivity contribution in [2.45, 2.75) is 27.7 Å². The highest BCUT2D eigenvalue weighted by Gasteiger charge is 2.16. The quantitative estimate of drug-likeness (QED) is 0.530. The van der Waals surface area contributed by atoms with Crippen LogP contribution < -0.4 is 0 Å². The topological polar surface area (TPSA) is 118 Å². The molecule has 0 aliphatic carbocycles. The second kappa shape index (κ2) is 10.5. The molecule has 0 spiro atoms. The van der Waals surface area contributed by atoms with Crippen molar-refractivity contribution in [3.8, 4) is 23.0 Å². The Morgan fingerprint density at radius 3 is 1.22 bits per heavy atom. The second-order valence-electron chi connectivity index (χ2n) is 6.87. The van der Waals surface area contributed by atoms with Crippen molar-refractivity contribution in [3.63, 3.8) is 0 Å². The molecule has 3 aromatic rings. The van der Waals surface area contributed by atoms with Gasteiger partial charge < -0.3 is 9.80 Å². The molecule has 2 amide bonds. The molecule has 0 saturated carbocycles. The molecule has 32 heavy (non-hydrogen) atoms. The zero-order valence-corrected chi connectivity index (χ0v) is 18.7. The molecule has 0 fully saturated rings. The number of aromatic nitrogens is 6. The van der Waals surface area contributed by atoms with E-state index < -0.39 is 0 Å². The first-order chi connectivity index (χ1) is 15.5. The Hall–Kier alpha value is -3.82. The van der Waals surface area contributed by atoms with Crippen LogP contribution >= 0.6 is 0 Å². The summed E-state index contributed by atoms with van der Waals surface area (Å²) in [5.74, 6) is 0.332. The first-order valence-electron chi connectivity index (χ1n) is 10.6. The number of nitrogens with zero attached hydrogens (tertiary/aromatic N) is 8. The average molecular weight is 435 g/mol. The van der Waals surface area contributed by atoms with E-state index >= 15 is 0 Å². The smallest absolute Gasteiger partial charge is 0.255 e. The SMILES string of the molecule is CCN(CC)C(=O)c1ccc(-c2nnc(-c3ccc(C(=O)N(CC)CC)cn3)nn2)nc1. The van der Waals surface area contributed by atoms with Gasteiger partial charge in [-0.3, -0.25) is 19.6 Å². The molecule has 0 aromatic carbocycles. The van der Waals surface area contributed by atoms with Gasteiger partial charge in [0.05, 0.1) is 11.1 Å². The summed E-state index contributed by atoms with van der Waals surface area (Å²) in [5.41, 5.74) is 1.92. The summed E-state index contributed by atoms with van der Waals surface area (Å²) in [6.07, 6.45) is 3.00. The Labute approximate surface area is 186 Å². The van der Waals surface area contributed by atoms with Gasteiger partial charge in [-0.05, 0) is 52.0 Å². The molecule has 0 aliphatic heterocycles. The van der Waals surface area contributed by atoms with Crippen molar-refractivity contribution in [2.24, 2.45) is 0 Å². The molecule has 10 nitrogen and oxygen atoms in total. The predicted octanol–water partition coefficient (Wildman–Crippen LogP) is 2.35. The zero-order valence-electron chi connectivity index (χ0n) is 18.7. The van der Waals surface area contributed by atoms with Gasteiger partial charge in [-0.15, -0.1) is 20.4 Å². The van der Waals surface area contributed by atoms with Gasteiger partial charge in [0.2, 0.25) is 11.6 Å². The molecule has 0 radical (unpaired) electrons. The lowest BCUT2D eigenvalue weighted by atomic mass is 10.2. The Morgan fingerprint density at radius 1 is 0.625 bits per heavy atom. The highest BCUT2D eigenvalue weighted by Crippen LogP contribution is 2.15. The summed E-state index contributed by atoms with van der Waals surface area (Å²) in [4.78, 5) is 36.8. The lowest BCUT2D eigenvalue weighted by Gasteiger charge is -2.18. The van der Waals surface area contributed by atoms with Gasteiger partial charge in [0.25, 0.3) is 11.8 Å². The Balaban J connectivity index is 1.74. The van der Waals surface area contributed by atoms with E-state index in [4.69, 9.17) is 0 Å². The number of amides is 2. The van der Waals surface area contributed by atoms with Gasteiger partial charge >= 0.3 is 0 Å². The van der Waals surface area contributed by atoms with Crippen molar-refractivity contribution in [1.29, 1.82) is 0 Å². The number of pyridine rings is 2. The van der Waals surface area contributed by atoms with Crippen LogP contribution in [0.1, 0.15) is 48.4 Å². The third kappa shape index (κ3) is 4.90.